The summed E-state index contributed by atoms with van der Waals surface area (Å²) in [5.41, 5.74) is 2.72. The number of fused-ring (bicyclic) bond motifs is 1. The number of hydrogen-bond donors (Lipinski definition) is 1. The first-order valence-electron chi connectivity index (χ1n) is 9.77. The molecule has 12 heteroatoms. The van der Waals surface area contributed by atoms with Crippen molar-refractivity contribution in [3.63, 3.8) is 0 Å². The topological polar surface area (TPSA) is 116 Å². The molecule has 162 valence electrons. The number of tetrazole rings is 1. The molecule has 1 N–H and O–H groups in total. The van der Waals surface area contributed by atoms with E-state index in [-0.39, 0.29) is 18.0 Å². The molecule has 1 amide bonds. The molecule has 0 atom stereocenters. The molecule has 0 radical (unpaired) electrons. The van der Waals surface area contributed by atoms with E-state index in [2.05, 4.69) is 30.9 Å². The van der Waals surface area contributed by atoms with Crippen LogP contribution in [0.2, 0.25) is 0 Å². The summed E-state index contributed by atoms with van der Waals surface area (Å²) in [7, 11) is 1.69. The third kappa shape index (κ3) is 3.97. The molecule has 0 saturated carbocycles. The van der Waals surface area contributed by atoms with Crippen LogP contribution in [0, 0.1) is 5.82 Å². The van der Waals surface area contributed by atoms with E-state index in [0.717, 1.165) is 5.56 Å². The van der Waals surface area contributed by atoms with Crippen LogP contribution in [0.5, 0.6) is 0 Å². The lowest BCUT2D eigenvalue weighted by Gasteiger charge is -2.11. The van der Waals surface area contributed by atoms with Gasteiger partial charge in [-0.25, -0.2) is 9.18 Å². The van der Waals surface area contributed by atoms with Crippen molar-refractivity contribution in [2.24, 2.45) is 7.05 Å². The highest BCUT2D eigenvalue weighted by Crippen LogP contribution is 2.25. The number of ether oxygens (including phenoxy) is 1. The van der Waals surface area contributed by atoms with E-state index in [0.29, 0.717) is 30.4 Å². The van der Waals surface area contributed by atoms with E-state index in [9.17, 15) is 9.18 Å². The molecule has 0 aliphatic carbocycles. The molecule has 4 aromatic rings. The van der Waals surface area contributed by atoms with Gasteiger partial charge in [-0.05, 0) is 29.0 Å². The van der Waals surface area contributed by atoms with Crippen LogP contribution in [0.4, 0.5) is 20.8 Å². The normalized spacial score (nSPS) is 12.6. The first-order valence-corrected chi connectivity index (χ1v) is 9.77. The second-order valence-corrected chi connectivity index (χ2v) is 7.17. The number of hydrogen-bond acceptors (Lipinski definition) is 8. The van der Waals surface area contributed by atoms with E-state index >= 15 is 0 Å². The third-order valence-corrected chi connectivity index (χ3v) is 4.85. The Balaban J connectivity index is 1.23. The predicted octanol–water partition coefficient (Wildman–Crippen LogP) is 2.20. The van der Waals surface area contributed by atoms with Crippen molar-refractivity contribution in [3.05, 3.63) is 71.3 Å². The zero-order valence-corrected chi connectivity index (χ0v) is 17.0. The average molecular weight is 435 g/mol. The molecule has 32 heavy (non-hydrogen) atoms. The number of aryl methyl sites for hydroxylation is 1. The zero-order chi connectivity index (χ0) is 22.1. The van der Waals surface area contributed by atoms with Gasteiger partial charge in [-0.2, -0.15) is 15.0 Å². The molecule has 0 fully saturated rings. The second kappa shape index (κ2) is 8.06. The molecule has 0 spiro atoms. The molecule has 1 aliphatic rings. The number of carbonyl (C=O) groups excluding carboxylic acids is 1. The number of rotatable bonds is 5. The maximum Gasteiger partial charge on any atom is 0.411 e. The summed E-state index contributed by atoms with van der Waals surface area (Å²) in [6, 6.07) is 13.5. The van der Waals surface area contributed by atoms with Crippen molar-refractivity contribution in [1.82, 2.24) is 35.2 Å². The average Bonchev–Trinajstić information content (AvgIpc) is 3.48. The summed E-state index contributed by atoms with van der Waals surface area (Å²) in [6.07, 6.45) is -0.671. The van der Waals surface area contributed by atoms with Crippen molar-refractivity contribution < 1.29 is 13.9 Å². The highest BCUT2D eigenvalue weighted by atomic mass is 19.1. The SMILES string of the molecule is Cn1nnc(N2Cc3nn(-c4ccc(NC(=O)OCc5ccccc5)cc4F)nc3C2)n1. The van der Waals surface area contributed by atoms with E-state index in [1.807, 2.05) is 35.2 Å². The fraction of sp³-hybridized carbons (Fsp3) is 0.200. The number of benzene rings is 2. The quantitative estimate of drug-likeness (QED) is 0.507. The minimum atomic E-state index is -0.671. The van der Waals surface area contributed by atoms with Gasteiger partial charge >= 0.3 is 6.09 Å². The van der Waals surface area contributed by atoms with Crippen LogP contribution in [0.25, 0.3) is 5.69 Å². The lowest BCUT2D eigenvalue weighted by molar-refractivity contribution is 0.155. The largest absolute Gasteiger partial charge is 0.444 e. The van der Waals surface area contributed by atoms with Crippen LogP contribution in [-0.4, -0.2) is 41.3 Å². The van der Waals surface area contributed by atoms with Crippen LogP contribution in [0.15, 0.2) is 48.5 Å². The summed E-state index contributed by atoms with van der Waals surface area (Å²) < 4.78 is 19.9. The Labute approximate surface area is 181 Å². The summed E-state index contributed by atoms with van der Waals surface area (Å²) in [5, 5.41) is 23.3. The van der Waals surface area contributed by atoms with E-state index in [4.69, 9.17) is 4.74 Å². The molecule has 3 heterocycles. The number of nitrogens with one attached hydrogen (secondary N) is 1. The summed E-state index contributed by atoms with van der Waals surface area (Å²) in [6.45, 7) is 1.03. The number of halogens is 1. The molecule has 0 bridgehead atoms. The van der Waals surface area contributed by atoms with Gasteiger partial charge in [0.15, 0.2) is 5.82 Å². The molecular formula is C20H18FN9O2. The summed E-state index contributed by atoms with van der Waals surface area (Å²) in [5.74, 6) is -0.0911. The van der Waals surface area contributed by atoms with Crippen LogP contribution in [-0.2, 0) is 31.5 Å². The van der Waals surface area contributed by atoms with Crippen molar-refractivity contribution in [3.8, 4) is 5.69 Å². The van der Waals surface area contributed by atoms with Crippen LogP contribution < -0.4 is 10.2 Å². The van der Waals surface area contributed by atoms with Crippen molar-refractivity contribution in [2.75, 3.05) is 10.2 Å². The van der Waals surface area contributed by atoms with Crippen LogP contribution in [0.3, 0.4) is 0 Å². The Hall–Kier alpha value is -4.35. The van der Waals surface area contributed by atoms with Crippen LogP contribution >= 0.6 is 0 Å². The zero-order valence-electron chi connectivity index (χ0n) is 17.0. The molecule has 2 aromatic heterocycles. The molecule has 2 aromatic carbocycles. The summed E-state index contributed by atoms with van der Waals surface area (Å²) in [4.78, 5) is 16.5. The standard InChI is InChI=1S/C20H18FN9O2/c1-28-26-19(23-27-28)29-10-16-17(11-29)25-30(24-16)18-8-7-14(9-15(18)21)22-20(31)32-12-13-5-3-2-4-6-13/h2-9H,10-12H2,1H3,(H,22,31). The molecule has 1 aliphatic heterocycles. The minimum absolute atomic E-state index is 0.122. The summed E-state index contributed by atoms with van der Waals surface area (Å²) >= 11 is 0. The molecular weight excluding hydrogens is 417 g/mol. The Morgan fingerprint density at radius 2 is 1.84 bits per heavy atom. The minimum Gasteiger partial charge on any atom is -0.444 e. The van der Waals surface area contributed by atoms with Gasteiger partial charge in [0.25, 0.3) is 5.95 Å². The fourth-order valence-corrected chi connectivity index (χ4v) is 3.30. The molecule has 0 saturated heterocycles. The maximum atomic E-state index is 14.7. The van der Waals surface area contributed by atoms with E-state index in [1.165, 1.54) is 21.7 Å². The van der Waals surface area contributed by atoms with Gasteiger partial charge in [0.2, 0.25) is 0 Å². The van der Waals surface area contributed by atoms with Gasteiger partial charge in [-0.1, -0.05) is 35.4 Å². The first-order chi connectivity index (χ1) is 15.5. The molecule has 5 rings (SSSR count). The Morgan fingerprint density at radius 1 is 1.09 bits per heavy atom. The monoisotopic (exact) mass is 435 g/mol. The third-order valence-electron chi connectivity index (χ3n) is 4.85. The molecule has 11 nitrogen and oxygen atoms in total. The number of amides is 1. The predicted molar refractivity (Wildman–Crippen MR) is 110 cm³/mol. The first kappa shape index (κ1) is 19.6. The highest BCUT2D eigenvalue weighted by Gasteiger charge is 2.28. The van der Waals surface area contributed by atoms with Crippen LogP contribution in [0.1, 0.15) is 17.0 Å². The van der Waals surface area contributed by atoms with E-state index in [1.54, 1.807) is 13.1 Å². The van der Waals surface area contributed by atoms with Gasteiger partial charge in [0, 0.05) is 5.69 Å². The number of nitrogens with zero attached hydrogens (tertiary/aromatic N) is 8. The maximum absolute atomic E-state index is 14.7. The fourth-order valence-electron chi connectivity index (χ4n) is 3.30. The van der Waals surface area contributed by atoms with Gasteiger partial charge in [0.05, 0.1) is 20.1 Å². The number of carbonyl (C=O) groups is 1. The van der Waals surface area contributed by atoms with Gasteiger partial charge in [-0.3, -0.25) is 5.32 Å². The van der Waals surface area contributed by atoms with E-state index < -0.39 is 11.9 Å². The lowest BCUT2D eigenvalue weighted by atomic mass is 10.2. The number of aromatic nitrogens is 7. The highest BCUT2D eigenvalue weighted by molar-refractivity contribution is 5.84. The Bertz CT molecular complexity index is 1250. The van der Waals surface area contributed by atoms with Crippen molar-refractivity contribution >= 4 is 17.7 Å². The Kier molecular flexibility index (Phi) is 4.94. The van der Waals surface area contributed by atoms with Crippen molar-refractivity contribution in [1.29, 1.82) is 0 Å². The Morgan fingerprint density at radius 3 is 2.50 bits per heavy atom. The van der Waals surface area contributed by atoms with Gasteiger partial charge in [0.1, 0.15) is 23.7 Å². The smallest absolute Gasteiger partial charge is 0.411 e. The second-order valence-electron chi connectivity index (χ2n) is 7.17. The number of anilines is 2. The van der Waals surface area contributed by atoms with Gasteiger partial charge < -0.3 is 9.64 Å². The molecule has 0 unspecified atom stereocenters. The van der Waals surface area contributed by atoms with Gasteiger partial charge in [-0.15, -0.1) is 9.90 Å². The van der Waals surface area contributed by atoms with Crippen molar-refractivity contribution in [2.45, 2.75) is 19.7 Å². The lowest BCUT2D eigenvalue weighted by Crippen LogP contribution is -2.18.